The van der Waals surface area contributed by atoms with Crippen LogP contribution in [0, 0.1) is 5.92 Å². The lowest BCUT2D eigenvalue weighted by molar-refractivity contribution is -0.147. The van der Waals surface area contributed by atoms with Gasteiger partial charge in [0, 0.05) is 12.6 Å². The zero-order valence-electron chi connectivity index (χ0n) is 18.5. The van der Waals surface area contributed by atoms with Crippen LogP contribution in [0.4, 0.5) is 0 Å². The van der Waals surface area contributed by atoms with Crippen molar-refractivity contribution in [3.63, 3.8) is 0 Å². The van der Waals surface area contributed by atoms with Crippen LogP contribution < -0.4 is 15.6 Å². The number of nitrogens with zero attached hydrogens (tertiary/aromatic N) is 2. The van der Waals surface area contributed by atoms with Crippen molar-refractivity contribution in [3.8, 4) is 5.75 Å². The maximum atomic E-state index is 12.7. The van der Waals surface area contributed by atoms with E-state index in [1.165, 1.54) is 16.8 Å². The fourth-order valence-corrected chi connectivity index (χ4v) is 3.20. The number of carbonyl (C=O) groups is 2. The van der Waals surface area contributed by atoms with Crippen molar-refractivity contribution in [2.45, 2.75) is 19.9 Å². The van der Waals surface area contributed by atoms with Crippen molar-refractivity contribution in [1.29, 1.82) is 0 Å². The van der Waals surface area contributed by atoms with Crippen LogP contribution >= 0.6 is 0 Å². The second-order valence-corrected chi connectivity index (χ2v) is 7.29. The van der Waals surface area contributed by atoms with Crippen LogP contribution in [0.15, 0.2) is 77.6 Å². The van der Waals surface area contributed by atoms with E-state index in [0.29, 0.717) is 12.2 Å². The number of esters is 1. The van der Waals surface area contributed by atoms with Crippen molar-refractivity contribution >= 4 is 11.9 Å². The molecule has 2 aromatic carbocycles. The Morgan fingerprint density at radius 1 is 1.00 bits per heavy atom. The van der Waals surface area contributed by atoms with Gasteiger partial charge in [0.15, 0.2) is 0 Å². The number of amides is 1. The molecule has 8 heteroatoms. The molecule has 0 bridgehead atoms. The summed E-state index contributed by atoms with van der Waals surface area (Å²) in [5.41, 5.74) is 0.711. The van der Waals surface area contributed by atoms with Gasteiger partial charge in [-0.25, -0.2) is 4.68 Å². The second-order valence-electron chi connectivity index (χ2n) is 7.29. The predicted octanol–water partition coefficient (Wildman–Crippen LogP) is 2.47. The summed E-state index contributed by atoms with van der Waals surface area (Å²) in [4.78, 5) is 37.2. The topological polar surface area (TPSA) is 99.5 Å². The van der Waals surface area contributed by atoms with Gasteiger partial charge in [0.05, 0.1) is 19.1 Å². The van der Waals surface area contributed by atoms with Gasteiger partial charge in [-0.1, -0.05) is 48.5 Å². The second kappa shape index (κ2) is 12.2. The lowest BCUT2D eigenvalue weighted by atomic mass is 9.99. The van der Waals surface area contributed by atoms with Crippen LogP contribution in [0.1, 0.15) is 23.0 Å². The third kappa shape index (κ3) is 7.31. The van der Waals surface area contributed by atoms with Crippen LogP contribution in [-0.4, -0.2) is 41.4 Å². The summed E-state index contributed by atoms with van der Waals surface area (Å²) >= 11 is 0. The van der Waals surface area contributed by atoms with Gasteiger partial charge in [-0.05, 0) is 37.1 Å². The number of benzene rings is 2. The molecule has 3 aromatic rings. The van der Waals surface area contributed by atoms with E-state index in [1.807, 2.05) is 60.7 Å². The summed E-state index contributed by atoms with van der Waals surface area (Å²) in [6, 6.07) is 21.4. The van der Waals surface area contributed by atoms with Crippen LogP contribution in [0.2, 0.25) is 0 Å². The van der Waals surface area contributed by atoms with Crippen LogP contribution in [0.3, 0.4) is 0 Å². The number of rotatable bonds is 11. The van der Waals surface area contributed by atoms with Gasteiger partial charge in [-0.2, -0.15) is 5.10 Å². The van der Waals surface area contributed by atoms with E-state index in [4.69, 9.17) is 9.47 Å². The predicted molar refractivity (Wildman–Crippen MR) is 123 cm³/mol. The Labute approximate surface area is 192 Å². The van der Waals surface area contributed by atoms with Crippen molar-refractivity contribution in [3.05, 3.63) is 94.4 Å². The highest BCUT2D eigenvalue weighted by atomic mass is 16.5. The van der Waals surface area contributed by atoms with Gasteiger partial charge in [-0.15, -0.1) is 0 Å². The Hall–Kier alpha value is -3.94. The molecule has 3 rings (SSSR count). The highest BCUT2D eigenvalue weighted by Gasteiger charge is 2.22. The van der Waals surface area contributed by atoms with E-state index in [-0.39, 0.29) is 43.5 Å². The Bertz CT molecular complexity index is 1100. The first-order valence-corrected chi connectivity index (χ1v) is 10.8. The molecule has 0 aliphatic heterocycles. The molecule has 33 heavy (non-hydrogen) atoms. The van der Waals surface area contributed by atoms with Crippen LogP contribution in [-0.2, 0) is 22.5 Å². The van der Waals surface area contributed by atoms with Gasteiger partial charge < -0.3 is 14.8 Å². The number of ether oxygens (including phenoxy) is 2. The Kier molecular flexibility index (Phi) is 8.76. The Balaban J connectivity index is 1.61. The molecule has 1 N–H and O–H groups in total. The average Bonchev–Trinajstić information content (AvgIpc) is 2.84. The maximum absolute atomic E-state index is 12.7. The van der Waals surface area contributed by atoms with Gasteiger partial charge in [0.1, 0.15) is 18.1 Å². The van der Waals surface area contributed by atoms with Gasteiger partial charge in [0.2, 0.25) is 0 Å². The van der Waals surface area contributed by atoms with Crippen LogP contribution in [0.25, 0.3) is 0 Å². The molecule has 0 aliphatic rings. The van der Waals surface area contributed by atoms with E-state index >= 15 is 0 Å². The normalized spacial score (nSPS) is 11.4. The number of nitrogens with one attached hydrogen (secondary N) is 1. The minimum atomic E-state index is -0.540. The molecule has 0 saturated heterocycles. The highest BCUT2D eigenvalue weighted by Crippen LogP contribution is 2.11. The molecule has 0 aliphatic carbocycles. The standard InChI is InChI=1S/C25H27N3O5/c1-2-32-25(31)20(17-19-9-5-3-6-10-19)18-26-24(30)22-13-14-23(29)28(27-22)15-16-33-21-11-7-4-8-12-21/h3-14,20H,2,15-18H2,1H3,(H,26,30). The smallest absolute Gasteiger partial charge is 0.311 e. The first-order valence-electron chi connectivity index (χ1n) is 10.8. The van der Waals surface area contributed by atoms with E-state index in [0.717, 1.165) is 5.56 Å². The number of aromatic nitrogens is 2. The zero-order chi connectivity index (χ0) is 23.5. The molecule has 8 nitrogen and oxygen atoms in total. The van der Waals surface area contributed by atoms with Gasteiger partial charge >= 0.3 is 5.97 Å². The van der Waals surface area contributed by atoms with E-state index in [1.54, 1.807) is 6.92 Å². The van der Waals surface area contributed by atoms with Crippen LogP contribution in [0.5, 0.6) is 5.75 Å². The van der Waals surface area contributed by atoms with Gasteiger partial charge in [-0.3, -0.25) is 14.4 Å². The molecule has 0 spiro atoms. The molecule has 1 unspecified atom stereocenters. The molecule has 0 fully saturated rings. The number of hydrogen-bond acceptors (Lipinski definition) is 6. The lowest BCUT2D eigenvalue weighted by Crippen LogP contribution is -2.36. The maximum Gasteiger partial charge on any atom is 0.311 e. The Morgan fingerprint density at radius 2 is 1.70 bits per heavy atom. The van der Waals surface area contributed by atoms with E-state index < -0.39 is 11.8 Å². The number of hydrogen-bond donors (Lipinski definition) is 1. The summed E-state index contributed by atoms with van der Waals surface area (Å²) in [6.07, 6.45) is 0.434. The number of para-hydroxylation sites is 1. The van der Waals surface area contributed by atoms with Gasteiger partial charge in [0.25, 0.3) is 11.5 Å². The summed E-state index contributed by atoms with van der Waals surface area (Å²) in [5, 5.41) is 6.88. The average molecular weight is 450 g/mol. The zero-order valence-corrected chi connectivity index (χ0v) is 18.5. The number of carbonyl (C=O) groups excluding carboxylic acids is 2. The van der Waals surface area contributed by atoms with E-state index in [2.05, 4.69) is 10.4 Å². The van der Waals surface area contributed by atoms with Crippen molar-refractivity contribution in [1.82, 2.24) is 15.1 Å². The first kappa shape index (κ1) is 23.7. The summed E-state index contributed by atoms with van der Waals surface area (Å²) in [5.74, 6) is -0.711. The fourth-order valence-electron chi connectivity index (χ4n) is 3.20. The fraction of sp³-hybridized carbons (Fsp3) is 0.280. The third-order valence-electron chi connectivity index (χ3n) is 4.87. The van der Waals surface area contributed by atoms with Crippen molar-refractivity contribution in [2.24, 2.45) is 5.92 Å². The molecular formula is C25H27N3O5. The summed E-state index contributed by atoms with van der Waals surface area (Å²) < 4.78 is 11.9. The Morgan fingerprint density at radius 3 is 2.39 bits per heavy atom. The largest absolute Gasteiger partial charge is 0.492 e. The van der Waals surface area contributed by atoms with Crippen molar-refractivity contribution < 1.29 is 19.1 Å². The molecule has 1 aromatic heterocycles. The third-order valence-corrected chi connectivity index (χ3v) is 4.87. The minimum absolute atomic E-state index is 0.0802. The first-order chi connectivity index (χ1) is 16.1. The monoisotopic (exact) mass is 449 g/mol. The van der Waals surface area contributed by atoms with Crippen molar-refractivity contribution in [2.75, 3.05) is 19.8 Å². The molecule has 0 radical (unpaired) electrons. The highest BCUT2D eigenvalue weighted by molar-refractivity contribution is 5.92. The molecular weight excluding hydrogens is 422 g/mol. The lowest BCUT2D eigenvalue weighted by Gasteiger charge is -2.16. The quantitative estimate of drug-likeness (QED) is 0.452. The SMILES string of the molecule is CCOC(=O)C(CNC(=O)c1ccc(=O)n(CCOc2ccccc2)n1)Cc1ccccc1. The molecule has 0 saturated carbocycles. The molecule has 1 atom stereocenters. The minimum Gasteiger partial charge on any atom is -0.492 e. The molecule has 1 heterocycles. The van der Waals surface area contributed by atoms with E-state index in [9.17, 15) is 14.4 Å². The summed E-state index contributed by atoms with van der Waals surface area (Å²) in [7, 11) is 0. The molecule has 172 valence electrons. The molecule has 1 amide bonds. The summed E-state index contributed by atoms with van der Waals surface area (Å²) in [6.45, 7) is 2.50.